The van der Waals surface area contributed by atoms with Gasteiger partial charge in [0, 0.05) is 33.2 Å². The first-order chi connectivity index (χ1) is 16.2. The lowest BCUT2D eigenvalue weighted by atomic mass is 10.1. The maximum absolute atomic E-state index is 4.74. The van der Waals surface area contributed by atoms with Gasteiger partial charge >= 0.3 is 0 Å². The topological polar surface area (TPSA) is 95.3 Å². The molecule has 1 saturated heterocycles. The number of piperidine rings is 1. The van der Waals surface area contributed by atoms with Crippen LogP contribution >= 0.6 is 24.0 Å². The standard InChI is InChI=1S/C24H35N9.HI/c1-3-25-24(27-12-11-26-22-21-16-31-32(2)23(21)30-18-29-22)28-15-19-7-9-20(10-8-19)17-33-13-5-4-6-14-33;/h7-10,16,18H,3-6,11-15,17H2,1-2H3,(H2,25,27,28)(H,26,29,30);1H. The second-order valence-electron chi connectivity index (χ2n) is 8.43. The van der Waals surface area contributed by atoms with Gasteiger partial charge in [0.25, 0.3) is 0 Å². The van der Waals surface area contributed by atoms with Gasteiger partial charge in [0.15, 0.2) is 11.6 Å². The van der Waals surface area contributed by atoms with Crippen molar-refractivity contribution in [2.24, 2.45) is 12.0 Å². The summed E-state index contributed by atoms with van der Waals surface area (Å²) in [6.45, 7) is 8.46. The van der Waals surface area contributed by atoms with Gasteiger partial charge in [-0.2, -0.15) is 5.10 Å². The van der Waals surface area contributed by atoms with Crippen LogP contribution in [0.15, 0.2) is 41.8 Å². The lowest BCUT2D eigenvalue weighted by Gasteiger charge is -2.26. The smallest absolute Gasteiger partial charge is 0.191 e. The third-order valence-electron chi connectivity index (χ3n) is 5.88. The van der Waals surface area contributed by atoms with Crippen LogP contribution < -0.4 is 16.0 Å². The van der Waals surface area contributed by atoms with E-state index in [9.17, 15) is 0 Å². The molecule has 184 valence electrons. The van der Waals surface area contributed by atoms with Crippen molar-refractivity contribution >= 4 is 46.8 Å². The monoisotopic (exact) mass is 577 g/mol. The Morgan fingerprint density at radius 1 is 1.00 bits per heavy atom. The summed E-state index contributed by atoms with van der Waals surface area (Å²) < 4.78 is 1.75. The number of nitrogens with one attached hydrogen (secondary N) is 3. The summed E-state index contributed by atoms with van der Waals surface area (Å²) in [6.07, 6.45) is 7.38. The van der Waals surface area contributed by atoms with Gasteiger partial charge < -0.3 is 16.0 Å². The molecule has 0 saturated carbocycles. The zero-order chi connectivity index (χ0) is 22.9. The highest BCUT2D eigenvalue weighted by molar-refractivity contribution is 14.0. The summed E-state index contributed by atoms with van der Waals surface area (Å²) >= 11 is 0. The Morgan fingerprint density at radius 3 is 2.53 bits per heavy atom. The average Bonchev–Trinajstić information content (AvgIpc) is 3.23. The zero-order valence-corrected chi connectivity index (χ0v) is 22.5. The highest BCUT2D eigenvalue weighted by atomic mass is 127. The summed E-state index contributed by atoms with van der Waals surface area (Å²) in [5.74, 6) is 1.60. The van der Waals surface area contributed by atoms with E-state index in [0.717, 1.165) is 35.9 Å². The van der Waals surface area contributed by atoms with Crippen molar-refractivity contribution in [1.82, 2.24) is 35.3 Å². The molecule has 0 aliphatic carbocycles. The molecule has 3 N–H and O–H groups in total. The number of aromatic nitrogens is 4. The lowest BCUT2D eigenvalue weighted by molar-refractivity contribution is 0.221. The van der Waals surface area contributed by atoms with Crippen LogP contribution in [0, 0.1) is 0 Å². The molecular formula is C24H36IN9. The fraction of sp³-hybridized carbons (Fsp3) is 0.500. The van der Waals surface area contributed by atoms with Crippen molar-refractivity contribution in [2.75, 3.05) is 38.0 Å². The van der Waals surface area contributed by atoms with E-state index in [1.165, 1.54) is 43.5 Å². The lowest BCUT2D eigenvalue weighted by Crippen LogP contribution is -2.39. The Hall–Kier alpha value is -2.47. The van der Waals surface area contributed by atoms with Gasteiger partial charge in [-0.1, -0.05) is 30.7 Å². The summed E-state index contributed by atoms with van der Waals surface area (Å²) in [7, 11) is 1.88. The van der Waals surface area contributed by atoms with Crippen LogP contribution in [0.2, 0.25) is 0 Å². The number of likely N-dealkylation sites (tertiary alicyclic amines) is 1. The van der Waals surface area contributed by atoms with Crippen molar-refractivity contribution < 1.29 is 0 Å². The third-order valence-corrected chi connectivity index (χ3v) is 5.88. The van der Waals surface area contributed by atoms with E-state index in [1.54, 1.807) is 17.2 Å². The molecule has 0 radical (unpaired) electrons. The van der Waals surface area contributed by atoms with E-state index >= 15 is 0 Å². The molecule has 1 aliphatic rings. The van der Waals surface area contributed by atoms with Crippen molar-refractivity contribution in [2.45, 2.75) is 39.3 Å². The summed E-state index contributed by atoms with van der Waals surface area (Å²) in [4.78, 5) is 15.9. The minimum Gasteiger partial charge on any atom is -0.368 e. The van der Waals surface area contributed by atoms with Crippen molar-refractivity contribution in [3.05, 3.63) is 47.9 Å². The Labute approximate surface area is 218 Å². The van der Waals surface area contributed by atoms with Gasteiger partial charge in [-0.25, -0.2) is 15.0 Å². The van der Waals surface area contributed by atoms with Gasteiger partial charge in [0.1, 0.15) is 12.1 Å². The largest absolute Gasteiger partial charge is 0.368 e. The van der Waals surface area contributed by atoms with E-state index in [-0.39, 0.29) is 24.0 Å². The van der Waals surface area contributed by atoms with Gasteiger partial charge in [0.2, 0.25) is 0 Å². The quantitative estimate of drug-likeness (QED) is 0.156. The van der Waals surface area contributed by atoms with E-state index in [4.69, 9.17) is 4.99 Å². The molecule has 3 aromatic rings. The van der Waals surface area contributed by atoms with Crippen LogP contribution in [0.5, 0.6) is 0 Å². The number of guanidine groups is 1. The van der Waals surface area contributed by atoms with Crippen molar-refractivity contribution in [1.29, 1.82) is 0 Å². The molecule has 1 aliphatic heterocycles. The number of rotatable bonds is 9. The molecular weight excluding hydrogens is 541 g/mol. The molecule has 3 heterocycles. The molecule has 0 atom stereocenters. The normalized spacial score (nSPS) is 14.6. The summed E-state index contributed by atoms with van der Waals surface area (Å²) in [5, 5.41) is 15.2. The van der Waals surface area contributed by atoms with Gasteiger partial charge in [-0.15, -0.1) is 24.0 Å². The Balaban J connectivity index is 0.00000324. The molecule has 1 fully saturated rings. The van der Waals surface area contributed by atoms with E-state index in [1.807, 2.05) is 7.05 Å². The number of halogens is 1. The predicted molar refractivity (Wildman–Crippen MR) is 149 cm³/mol. The molecule has 0 unspecified atom stereocenters. The highest BCUT2D eigenvalue weighted by Gasteiger charge is 2.10. The number of benzene rings is 1. The van der Waals surface area contributed by atoms with Crippen LogP contribution in [-0.4, -0.2) is 63.3 Å². The first-order valence-corrected chi connectivity index (χ1v) is 11.9. The predicted octanol–water partition coefficient (Wildman–Crippen LogP) is 3.13. The average molecular weight is 578 g/mol. The van der Waals surface area contributed by atoms with Crippen LogP contribution in [-0.2, 0) is 20.1 Å². The molecule has 34 heavy (non-hydrogen) atoms. The molecule has 2 aromatic heterocycles. The fourth-order valence-electron chi connectivity index (χ4n) is 4.10. The highest BCUT2D eigenvalue weighted by Crippen LogP contribution is 2.17. The van der Waals surface area contributed by atoms with Gasteiger partial charge in [-0.3, -0.25) is 9.58 Å². The van der Waals surface area contributed by atoms with Crippen molar-refractivity contribution in [3.8, 4) is 0 Å². The Bertz CT molecular complexity index is 1040. The minimum atomic E-state index is 0. The molecule has 0 spiro atoms. The van der Waals surface area contributed by atoms with E-state index in [0.29, 0.717) is 19.6 Å². The van der Waals surface area contributed by atoms with Crippen LogP contribution in [0.25, 0.3) is 11.0 Å². The van der Waals surface area contributed by atoms with Gasteiger partial charge in [0.05, 0.1) is 18.1 Å². The molecule has 0 bridgehead atoms. The molecule has 1 aromatic carbocycles. The minimum absolute atomic E-state index is 0. The third kappa shape index (κ3) is 7.26. The molecule has 4 rings (SSSR count). The second kappa shape index (κ2) is 13.4. The zero-order valence-electron chi connectivity index (χ0n) is 20.1. The molecule has 0 amide bonds. The van der Waals surface area contributed by atoms with Gasteiger partial charge in [-0.05, 0) is 44.0 Å². The van der Waals surface area contributed by atoms with Crippen molar-refractivity contribution in [3.63, 3.8) is 0 Å². The maximum Gasteiger partial charge on any atom is 0.191 e. The Kier molecular flexibility index (Phi) is 10.3. The summed E-state index contributed by atoms with van der Waals surface area (Å²) in [6, 6.07) is 8.87. The Morgan fingerprint density at radius 2 is 1.76 bits per heavy atom. The number of aliphatic imine (C=N–C) groups is 1. The number of hydrogen-bond acceptors (Lipinski definition) is 6. The fourth-order valence-corrected chi connectivity index (χ4v) is 4.10. The molecule has 10 heteroatoms. The number of aryl methyl sites for hydroxylation is 1. The van der Waals surface area contributed by atoms with Crippen LogP contribution in [0.3, 0.4) is 0 Å². The maximum atomic E-state index is 4.74. The number of fused-ring (bicyclic) bond motifs is 1. The van der Waals surface area contributed by atoms with E-state index in [2.05, 4.69) is 67.1 Å². The van der Waals surface area contributed by atoms with Crippen LogP contribution in [0.1, 0.15) is 37.3 Å². The number of anilines is 1. The van der Waals surface area contributed by atoms with E-state index < -0.39 is 0 Å². The first kappa shape index (κ1) is 26.1. The first-order valence-electron chi connectivity index (χ1n) is 11.9. The number of hydrogen-bond donors (Lipinski definition) is 3. The number of nitrogens with zero attached hydrogens (tertiary/aromatic N) is 6. The SMILES string of the molecule is CCNC(=NCc1ccc(CN2CCCCC2)cc1)NCCNc1ncnc2c1cnn2C.I. The van der Waals surface area contributed by atoms with Crippen LogP contribution in [0.4, 0.5) is 5.82 Å². The summed E-state index contributed by atoms with van der Waals surface area (Å²) in [5.41, 5.74) is 3.41. The second-order valence-corrected chi connectivity index (χ2v) is 8.43. The molecule has 9 nitrogen and oxygen atoms in total.